The van der Waals surface area contributed by atoms with Crippen molar-refractivity contribution in [3.63, 3.8) is 0 Å². The zero-order chi connectivity index (χ0) is 13.4. The maximum atomic E-state index is 13.1. The molecule has 1 atom stereocenters. The number of fused-ring (bicyclic) bond motifs is 1. The number of benzene rings is 2. The van der Waals surface area contributed by atoms with Crippen LogP contribution in [0.4, 0.5) is 15.8 Å². The number of hydrogen-bond acceptors (Lipinski definition) is 2. The molecular formula is C14H10BrFN2O. The van der Waals surface area contributed by atoms with Crippen molar-refractivity contribution in [3.8, 4) is 0 Å². The summed E-state index contributed by atoms with van der Waals surface area (Å²) in [6.07, 6.45) is 0. The van der Waals surface area contributed by atoms with Crippen molar-refractivity contribution in [1.82, 2.24) is 0 Å². The van der Waals surface area contributed by atoms with Crippen molar-refractivity contribution < 1.29 is 9.18 Å². The molecule has 0 bridgehead atoms. The van der Waals surface area contributed by atoms with E-state index >= 15 is 0 Å². The molecule has 0 spiro atoms. The average Bonchev–Trinajstić information content (AvgIpc) is 2.65. The summed E-state index contributed by atoms with van der Waals surface area (Å²) in [6.45, 7) is 0. The third-order valence-corrected chi connectivity index (χ3v) is 3.48. The Labute approximate surface area is 118 Å². The SMILES string of the molecule is O=C1Nc2cc(Br)ccc2C1Nc1cccc(F)c1. The summed E-state index contributed by atoms with van der Waals surface area (Å²) in [4.78, 5) is 11.9. The van der Waals surface area contributed by atoms with Gasteiger partial charge in [0.25, 0.3) is 5.91 Å². The van der Waals surface area contributed by atoms with Crippen molar-refractivity contribution in [1.29, 1.82) is 0 Å². The molecule has 2 aromatic carbocycles. The molecule has 2 N–H and O–H groups in total. The van der Waals surface area contributed by atoms with Gasteiger partial charge >= 0.3 is 0 Å². The lowest BCUT2D eigenvalue weighted by atomic mass is 10.1. The fraction of sp³-hybridized carbons (Fsp3) is 0.0714. The Morgan fingerprint density at radius 1 is 1.21 bits per heavy atom. The largest absolute Gasteiger partial charge is 0.370 e. The molecule has 19 heavy (non-hydrogen) atoms. The van der Waals surface area contributed by atoms with E-state index in [2.05, 4.69) is 26.6 Å². The highest BCUT2D eigenvalue weighted by Gasteiger charge is 2.30. The molecule has 1 heterocycles. The van der Waals surface area contributed by atoms with Gasteiger partial charge < -0.3 is 10.6 Å². The first kappa shape index (κ1) is 12.2. The van der Waals surface area contributed by atoms with Crippen molar-refractivity contribution in [2.45, 2.75) is 6.04 Å². The molecule has 5 heteroatoms. The van der Waals surface area contributed by atoms with Crippen LogP contribution in [0.3, 0.4) is 0 Å². The molecular weight excluding hydrogens is 311 g/mol. The van der Waals surface area contributed by atoms with E-state index in [1.807, 2.05) is 18.2 Å². The molecule has 0 saturated carbocycles. The Hall–Kier alpha value is -1.88. The number of halogens is 2. The summed E-state index contributed by atoms with van der Waals surface area (Å²) >= 11 is 3.36. The molecule has 0 aromatic heterocycles. The molecule has 0 saturated heterocycles. The molecule has 2 aromatic rings. The standard InChI is InChI=1S/C14H10BrFN2O/c15-8-4-5-11-12(6-8)18-14(19)13(11)17-10-3-1-2-9(16)7-10/h1-7,13,17H,(H,18,19). The molecule has 3 nitrogen and oxygen atoms in total. The number of amides is 1. The van der Waals surface area contributed by atoms with Crippen molar-refractivity contribution in [2.24, 2.45) is 0 Å². The predicted octanol–water partition coefficient (Wildman–Crippen LogP) is 3.69. The number of carbonyl (C=O) groups excluding carboxylic acids is 1. The average molecular weight is 321 g/mol. The number of carbonyl (C=O) groups is 1. The fourth-order valence-corrected chi connectivity index (χ4v) is 2.48. The Balaban J connectivity index is 1.92. The van der Waals surface area contributed by atoms with Crippen LogP contribution in [-0.2, 0) is 4.79 Å². The molecule has 1 aliphatic heterocycles. The van der Waals surface area contributed by atoms with Gasteiger partial charge in [-0.2, -0.15) is 0 Å². The molecule has 0 fully saturated rings. The van der Waals surface area contributed by atoms with E-state index in [4.69, 9.17) is 0 Å². The minimum Gasteiger partial charge on any atom is -0.370 e. The summed E-state index contributed by atoms with van der Waals surface area (Å²) in [5, 5.41) is 5.84. The van der Waals surface area contributed by atoms with E-state index in [9.17, 15) is 9.18 Å². The van der Waals surface area contributed by atoms with Crippen molar-refractivity contribution >= 4 is 33.2 Å². The van der Waals surface area contributed by atoms with E-state index in [1.165, 1.54) is 12.1 Å². The summed E-state index contributed by atoms with van der Waals surface area (Å²) < 4.78 is 14.0. The van der Waals surface area contributed by atoms with Crippen LogP contribution in [-0.4, -0.2) is 5.91 Å². The van der Waals surface area contributed by atoms with Crippen LogP contribution in [0.5, 0.6) is 0 Å². The molecule has 96 valence electrons. The lowest BCUT2D eigenvalue weighted by Gasteiger charge is -2.13. The summed E-state index contributed by atoms with van der Waals surface area (Å²) in [5.41, 5.74) is 2.21. The quantitative estimate of drug-likeness (QED) is 0.886. The number of rotatable bonds is 2. The molecule has 0 radical (unpaired) electrons. The van der Waals surface area contributed by atoms with Crippen molar-refractivity contribution in [3.05, 3.63) is 58.3 Å². The molecule has 0 aliphatic carbocycles. The Morgan fingerprint density at radius 2 is 2.05 bits per heavy atom. The second-order valence-electron chi connectivity index (χ2n) is 4.31. The highest BCUT2D eigenvalue weighted by atomic mass is 79.9. The Kier molecular flexibility index (Phi) is 2.98. The predicted molar refractivity (Wildman–Crippen MR) is 75.5 cm³/mol. The van der Waals surface area contributed by atoms with Crippen LogP contribution in [0.2, 0.25) is 0 Å². The minimum absolute atomic E-state index is 0.141. The maximum absolute atomic E-state index is 13.1. The lowest BCUT2D eigenvalue weighted by molar-refractivity contribution is -0.116. The van der Waals surface area contributed by atoms with E-state index in [-0.39, 0.29) is 11.7 Å². The molecule has 3 rings (SSSR count). The fourth-order valence-electron chi connectivity index (χ4n) is 2.12. The second kappa shape index (κ2) is 4.66. The van der Waals surface area contributed by atoms with Crippen LogP contribution in [0.1, 0.15) is 11.6 Å². The van der Waals surface area contributed by atoms with E-state index in [1.54, 1.807) is 12.1 Å². The van der Waals surface area contributed by atoms with Gasteiger partial charge in [0.2, 0.25) is 0 Å². The normalized spacial score (nSPS) is 16.9. The molecule has 1 amide bonds. The second-order valence-corrected chi connectivity index (χ2v) is 5.22. The van der Waals surface area contributed by atoms with Crippen molar-refractivity contribution in [2.75, 3.05) is 10.6 Å². The Morgan fingerprint density at radius 3 is 2.84 bits per heavy atom. The molecule has 1 unspecified atom stereocenters. The van der Waals surface area contributed by atoms with Gasteiger partial charge in [-0.1, -0.05) is 28.1 Å². The van der Waals surface area contributed by atoms with Crippen LogP contribution in [0.15, 0.2) is 46.9 Å². The summed E-state index contributed by atoms with van der Waals surface area (Å²) in [7, 11) is 0. The first-order valence-electron chi connectivity index (χ1n) is 5.76. The minimum atomic E-state index is -0.495. The number of nitrogens with one attached hydrogen (secondary N) is 2. The van der Waals surface area contributed by atoms with Gasteiger partial charge in [0, 0.05) is 21.4 Å². The highest BCUT2D eigenvalue weighted by Crippen LogP contribution is 2.35. The topological polar surface area (TPSA) is 41.1 Å². The first-order valence-corrected chi connectivity index (χ1v) is 6.55. The van der Waals surface area contributed by atoms with E-state index in [0.29, 0.717) is 5.69 Å². The van der Waals surface area contributed by atoms with Crippen LogP contribution in [0, 0.1) is 5.82 Å². The van der Waals surface area contributed by atoms with E-state index in [0.717, 1.165) is 15.7 Å². The van der Waals surface area contributed by atoms with Gasteiger partial charge in [0.1, 0.15) is 11.9 Å². The Bertz CT molecular complexity index is 660. The van der Waals surface area contributed by atoms with Gasteiger partial charge in [0.05, 0.1) is 0 Å². The van der Waals surface area contributed by atoms with Crippen LogP contribution in [0.25, 0.3) is 0 Å². The maximum Gasteiger partial charge on any atom is 0.251 e. The van der Waals surface area contributed by atoms with Gasteiger partial charge in [0.15, 0.2) is 0 Å². The van der Waals surface area contributed by atoms with Gasteiger partial charge in [-0.25, -0.2) is 4.39 Å². The smallest absolute Gasteiger partial charge is 0.251 e. The van der Waals surface area contributed by atoms with Crippen LogP contribution < -0.4 is 10.6 Å². The van der Waals surface area contributed by atoms with Crippen LogP contribution >= 0.6 is 15.9 Å². The lowest BCUT2D eigenvalue weighted by Crippen LogP contribution is -2.19. The molecule has 1 aliphatic rings. The zero-order valence-corrected chi connectivity index (χ0v) is 11.4. The highest BCUT2D eigenvalue weighted by molar-refractivity contribution is 9.10. The third kappa shape index (κ3) is 2.33. The zero-order valence-electron chi connectivity index (χ0n) is 9.78. The summed E-state index contributed by atoms with van der Waals surface area (Å²) in [5.74, 6) is -0.475. The van der Waals surface area contributed by atoms with E-state index < -0.39 is 6.04 Å². The first-order chi connectivity index (χ1) is 9.13. The summed E-state index contributed by atoms with van der Waals surface area (Å²) in [6, 6.07) is 11.2. The van der Waals surface area contributed by atoms with Gasteiger partial charge in [-0.3, -0.25) is 4.79 Å². The monoisotopic (exact) mass is 320 g/mol. The van der Waals surface area contributed by atoms with Gasteiger partial charge in [-0.15, -0.1) is 0 Å². The number of anilines is 2. The third-order valence-electron chi connectivity index (χ3n) is 2.98. The number of hydrogen-bond donors (Lipinski definition) is 2. The van der Waals surface area contributed by atoms with Gasteiger partial charge in [-0.05, 0) is 30.3 Å².